The second kappa shape index (κ2) is 7.29. The summed E-state index contributed by atoms with van der Waals surface area (Å²) < 4.78 is 40.7. The molecule has 0 saturated heterocycles. The zero-order valence-corrected chi connectivity index (χ0v) is 16.5. The molecule has 0 radical (unpaired) electrons. The Bertz CT molecular complexity index is 957. The van der Waals surface area contributed by atoms with Crippen LogP contribution < -0.4 is 0 Å². The summed E-state index contributed by atoms with van der Waals surface area (Å²) >= 11 is 3.34. The summed E-state index contributed by atoms with van der Waals surface area (Å²) in [6, 6.07) is 8.37. The molecule has 1 aliphatic rings. The molecule has 3 heterocycles. The van der Waals surface area contributed by atoms with Crippen molar-refractivity contribution in [2.75, 3.05) is 6.54 Å². The van der Waals surface area contributed by atoms with Gasteiger partial charge in [0.1, 0.15) is 6.33 Å². The standard InChI is InChI=1S/C19H17BrF3N5/c1-11-6-13-7-12(18-25-10-26-27-18)2-4-15(13)17(28(11)9-19(21,22)23)16-5-3-14(20)8-24-16/h2-5,7-8,10-11,17H,6,9H2,1H3,(H,25,26,27)/t11-,17+/m1/s1. The van der Waals surface area contributed by atoms with Crippen LogP contribution in [0.4, 0.5) is 13.2 Å². The molecule has 4 rings (SSSR count). The SMILES string of the molecule is C[C@@H]1Cc2cc(-c3nc[nH]n3)ccc2[C@@H](c2ccc(Br)cn2)N1CC(F)(F)F. The fraction of sp³-hybridized carbons (Fsp3) is 0.316. The summed E-state index contributed by atoms with van der Waals surface area (Å²) in [5.74, 6) is 0.562. The van der Waals surface area contributed by atoms with E-state index in [1.165, 1.54) is 11.2 Å². The lowest BCUT2D eigenvalue weighted by atomic mass is 9.85. The van der Waals surface area contributed by atoms with Crippen molar-refractivity contribution < 1.29 is 13.2 Å². The molecule has 1 aromatic carbocycles. The van der Waals surface area contributed by atoms with Gasteiger partial charge in [-0.05, 0) is 58.6 Å². The Labute approximate surface area is 168 Å². The molecular weight excluding hydrogens is 435 g/mol. The summed E-state index contributed by atoms with van der Waals surface area (Å²) in [5.41, 5.74) is 3.24. The highest BCUT2D eigenvalue weighted by molar-refractivity contribution is 9.10. The number of nitrogens with one attached hydrogen (secondary N) is 1. The monoisotopic (exact) mass is 451 g/mol. The lowest BCUT2D eigenvalue weighted by Crippen LogP contribution is -2.47. The molecule has 0 unspecified atom stereocenters. The first kappa shape index (κ1) is 19.1. The number of aromatic nitrogens is 4. The van der Waals surface area contributed by atoms with Crippen LogP contribution in [0.5, 0.6) is 0 Å². The number of halogens is 4. The fourth-order valence-electron chi connectivity index (χ4n) is 3.74. The second-order valence-electron chi connectivity index (χ2n) is 6.88. The largest absolute Gasteiger partial charge is 0.401 e. The molecule has 0 fully saturated rings. The van der Waals surface area contributed by atoms with Gasteiger partial charge in [-0.15, -0.1) is 0 Å². The van der Waals surface area contributed by atoms with E-state index >= 15 is 0 Å². The second-order valence-corrected chi connectivity index (χ2v) is 7.80. The average molecular weight is 452 g/mol. The number of fused-ring (bicyclic) bond motifs is 1. The molecule has 0 bridgehead atoms. The number of pyridine rings is 1. The zero-order valence-electron chi connectivity index (χ0n) is 14.9. The van der Waals surface area contributed by atoms with Gasteiger partial charge in [-0.25, -0.2) is 4.98 Å². The van der Waals surface area contributed by atoms with E-state index in [1.54, 1.807) is 18.3 Å². The van der Waals surface area contributed by atoms with E-state index in [0.717, 1.165) is 21.2 Å². The molecule has 5 nitrogen and oxygen atoms in total. The molecule has 146 valence electrons. The molecule has 0 amide bonds. The van der Waals surface area contributed by atoms with Crippen molar-refractivity contribution in [3.05, 3.63) is 64.1 Å². The number of hydrogen-bond acceptors (Lipinski definition) is 4. The Kier molecular flexibility index (Phi) is 4.96. The van der Waals surface area contributed by atoms with Crippen molar-refractivity contribution in [2.45, 2.75) is 31.6 Å². The van der Waals surface area contributed by atoms with Crippen LogP contribution in [-0.2, 0) is 6.42 Å². The van der Waals surface area contributed by atoms with Crippen LogP contribution in [0.2, 0.25) is 0 Å². The Morgan fingerprint density at radius 3 is 2.68 bits per heavy atom. The molecule has 2 atom stereocenters. The quantitative estimate of drug-likeness (QED) is 0.635. The maximum absolute atomic E-state index is 13.3. The van der Waals surface area contributed by atoms with Gasteiger partial charge in [-0.2, -0.15) is 18.3 Å². The third kappa shape index (κ3) is 3.81. The first-order chi connectivity index (χ1) is 13.3. The Morgan fingerprint density at radius 2 is 2.04 bits per heavy atom. The minimum absolute atomic E-state index is 0.299. The number of benzene rings is 1. The van der Waals surface area contributed by atoms with E-state index in [9.17, 15) is 13.2 Å². The Morgan fingerprint density at radius 1 is 1.21 bits per heavy atom. The van der Waals surface area contributed by atoms with Gasteiger partial charge >= 0.3 is 6.18 Å². The topological polar surface area (TPSA) is 57.7 Å². The summed E-state index contributed by atoms with van der Waals surface area (Å²) in [5, 5.41) is 6.77. The van der Waals surface area contributed by atoms with Crippen molar-refractivity contribution in [3.8, 4) is 11.4 Å². The van der Waals surface area contributed by atoms with E-state index in [4.69, 9.17) is 0 Å². The van der Waals surface area contributed by atoms with Crippen LogP contribution in [0.1, 0.15) is 29.8 Å². The van der Waals surface area contributed by atoms with Crippen LogP contribution in [0.25, 0.3) is 11.4 Å². The molecule has 2 aromatic heterocycles. The Balaban J connectivity index is 1.81. The molecule has 1 aliphatic heterocycles. The lowest BCUT2D eigenvalue weighted by molar-refractivity contribution is -0.155. The first-order valence-electron chi connectivity index (χ1n) is 8.75. The highest BCUT2D eigenvalue weighted by Gasteiger charge is 2.41. The number of hydrogen-bond donors (Lipinski definition) is 1. The highest BCUT2D eigenvalue weighted by Crippen LogP contribution is 2.40. The van der Waals surface area contributed by atoms with Crippen molar-refractivity contribution in [1.82, 2.24) is 25.1 Å². The van der Waals surface area contributed by atoms with Gasteiger partial charge in [0.15, 0.2) is 5.82 Å². The summed E-state index contributed by atoms with van der Waals surface area (Å²) in [6.07, 6.45) is -0.673. The van der Waals surface area contributed by atoms with Gasteiger partial charge in [0.25, 0.3) is 0 Å². The van der Waals surface area contributed by atoms with Crippen LogP contribution >= 0.6 is 15.9 Å². The van der Waals surface area contributed by atoms with Crippen LogP contribution in [-0.4, -0.2) is 43.8 Å². The highest BCUT2D eigenvalue weighted by atomic mass is 79.9. The smallest absolute Gasteiger partial charge is 0.279 e. The minimum Gasteiger partial charge on any atom is -0.279 e. The molecule has 28 heavy (non-hydrogen) atoms. The minimum atomic E-state index is -4.29. The van der Waals surface area contributed by atoms with Gasteiger partial charge in [0.2, 0.25) is 0 Å². The molecule has 0 spiro atoms. The third-order valence-electron chi connectivity index (χ3n) is 4.92. The predicted molar refractivity (Wildman–Crippen MR) is 102 cm³/mol. The Hall–Kier alpha value is -2.26. The maximum Gasteiger partial charge on any atom is 0.401 e. The zero-order chi connectivity index (χ0) is 19.9. The van der Waals surface area contributed by atoms with E-state index in [0.29, 0.717) is 17.9 Å². The normalized spacial score (nSPS) is 20.2. The van der Waals surface area contributed by atoms with Gasteiger partial charge in [0, 0.05) is 22.3 Å². The summed E-state index contributed by atoms with van der Waals surface area (Å²) in [4.78, 5) is 10.0. The molecular formula is C19H17BrF3N5. The van der Waals surface area contributed by atoms with E-state index in [-0.39, 0.29) is 6.04 Å². The number of alkyl halides is 3. The van der Waals surface area contributed by atoms with E-state index < -0.39 is 18.8 Å². The number of aromatic amines is 1. The first-order valence-corrected chi connectivity index (χ1v) is 9.54. The van der Waals surface area contributed by atoms with Crippen LogP contribution in [0.15, 0.2) is 47.3 Å². The van der Waals surface area contributed by atoms with Gasteiger partial charge in [-0.3, -0.25) is 15.0 Å². The molecule has 0 saturated carbocycles. The van der Waals surface area contributed by atoms with Crippen molar-refractivity contribution in [1.29, 1.82) is 0 Å². The fourth-order valence-corrected chi connectivity index (χ4v) is 3.97. The lowest BCUT2D eigenvalue weighted by Gasteiger charge is -2.42. The number of nitrogens with zero attached hydrogens (tertiary/aromatic N) is 4. The molecule has 3 aromatic rings. The molecule has 9 heteroatoms. The summed E-state index contributed by atoms with van der Waals surface area (Å²) in [7, 11) is 0. The van der Waals surface area contributed by atoms with E-state index in [1.807, 2.05) is 25.1 Å². The third-order valence-corrected chi connectivity index (χ3v) is 5.39. The molecule has 1 N–H and O–H groups in total. The average Bonchev–Trinajstić information content (AvgIpc) is 3.17. The van der Waals surface area contributed by atoms with Crippen LogP contribution in [0, 0.1) is 0 Å². The van der Waals surface area contributed by atoms with E-state index in [2.05, 4.69) is 36.1 Å². The van der Waals surface area contributed by atoms with Gasteiger partial charge < -0.3 is 0 Å². The molecule has 0 aliphatic carbocycles. The van der Waals surface area contributed by atoms with Crippen molar-refractivity contribution in [2.24, 2.45) is 0 Å². The number of rotatable bonds is 3. The predicted octanol–water partition coefficient (Wildman–Crippen LogP) is 4.53. The van der Waals surface area contributed by atoms with Gasteiger partial charge in [0.05, 0.1) is 18.3 Å². The van der Waals surface area contributed by atoms with Crippen molar-refractivity contribution >= 4 is 15.9 Å². The van der Waals surface area contributed by atoms with Gasteiger partial charge in [-0.1, -0.05) is 12.1 Å². The van der Waals surface area contributed by atoms with Crippen molar-refractivity contribution in [3.63, 3.8) is 0 Å². The van der Waals surface area contributed by atoms with Crippen LogP contribution in [0.3, 0.4) is 0 Å². The summed E-state index contributed by atoms with van der Waals surface area (Å²) in [6.45, 7) is 0.832. The number of H-pyrrole nitrogens is 1. The maximum atomic E-state index is 13.3.